The van der Waals surface area contributed by atoms with Crippen LogP contribution in [0.1, 0.15) is 18.9 Å². The summed E-state index contributed by atoms with van der Waals surface area (Å²) in [7, 11) is 0. The lowest BCUT2D eigenvalue weighted by atomic mass is 10.2. The highest BCUT2D eigenvalue weighted by Crippen LogP contribution is 2.14. The van der Waals surface area contributed by atoms with Crippen LogP contribution < -0.4 is 11.1 Å². The number of amides is 1. The number of nitrogens with two attached hydrogens (primary N) is 1. The summed E-state index contributed by atoms with van der Waals surface area (Å²) >= 11 is 0. The maximum atomic E-state index is 11.0. The molecule has 0 saturated carbocycles. The van der Waals surface area contributed by atoms with Crippen molar-refractivity contribution in [3.63, 3.8) is 0 Å². The second-order valence-electron chi connectivity index (χ2n) is 4.66. The van der Waals surface area contributed by atoms with Crippen LogP contribution in [0.5, 0.6) is 0 Å². The van der Waals surface area contributed by atoms with Crippen LogP contribution in [0.4, 0.5) is 5.69 Å². The fraction of sp³-hybridized carbons (Fsp3) is 0.462. The summed E-state index contributed by atoms with van der Waals surface area (Å²) in [5, 5.41) is 2.97. The van der Waals surface area contributed by atoms with E-state index in [-0.39, 0.29) is 5.91 Å². The third kappa shape index (κ3) is 3.46. The van der Waals surface area contributed by atoms with Crippen LogP contribution in [-0.2, 0) is 11.3 Å². The van der Waals surface area contributed by atoms with E-state index in [0.29, 0.717) is 6.04 Å². The molecule has 1 saturated heterocycles. The van der Waals surface area contributed by atoms with Gasteiger partial charge in [-0.2, -0.15) is 0 Å². The molecule has 17 heavy (non-hydrogen) atoms. The second-order valence-corrected chi connectivity index (χ2v) is 4.66. The van der Waals surface area contributed by atoms with E-state index >= 15 is 0 Å². The lowest BCUT2D eigenvalue weighted by Gasteiger charge is -2.16. The zero-order chi connectivity index (χ0) is 12.3. The Hall–Kier alpha value is -1.55. The number of likely N-dealkylation sites (tertiary alicyclic amines) is 1. The number of nitrogen functional groups attached to an aromatic ring is 1. The predicted molar refractivity (Wildman–Crippen MR) is 68.4 cm³/mol. The Kier molecular flexibility index (Phi) is 3.64. The SMILES string of the molecule is CC(=O)NC1CCN(Cc2ccc(N)cc2)C1. The molecule has 0 spiro atoms. The van der Waals surface area contributed by atoms with Gasteiger partial charge in [-0.15, -0.1) is 0 Å². The normalized spacial score (nSPS) is 20.4. The Morgan fingerprint density at radius 3 is 2.82 bits per heavy atom. The van der Waals surface area contributed by atoms with E-state index in [0.717, 1.165) is 31.7 Å². The molecule has 0 radical (unpaired) electrons. The van der Waals surface area contributed by atoms with Crippen molar-refractivity contribution < 1.29 is 4.79 Å². The van der Waals surface area contributed by atoms with E-state index in [1.807, 2.05) is 12.1 Å². The van der Waals surface area contributed by atoms with Crippen molar-refractivity contribution in [2.45, 2.75) is 25.9 Å². The average Bonchev–Trinajstić information content (AvgIpc) is 2.68. The van der Waals surface area contributed by atoms with Gasteiger partial charge in [-0.3, -0.25) is 9.69 Å². The molecule has 92 valence electrons. The van der Waals surface area contributed by atoms with E-state index in [1.54, 1.807) is 6.92 Å². The predicted octanol–water partition coefficient (Wildman–Crippen LogP) is 0.979. The number of carbonyl (C=O) groups excluding carboxylic acids is 1. The first-order valence-corrected chi connectivity index (χ1v) is 5.97. The molecular formula is C13H19N3O. The van der Waals surface area contributed by atoms with Crippen molar-refractivity contribution in [1.82, 2.24) is 10.2 Å². The van der Waals surface area contributed by atoms with Gasteiger partial charge in [0, 0.05) is 38.3 Å². The third-order valence-electron chi connectivity index (χ3n) is 3.07. The molecule has 4 nitrogen and oxygen atoms in total. The van der Waals surface area contributed by atoms with Crippen molar-refractivity contribution in [2.75, 3.05) is 18.8 Å². The maximum Gasteiger partial charge on any atom is 0.217 e. The number of nitrogens with one attached hydrogen (secondary N) is 1. The molecule has 0 bridgehead atoms. The Morgan fingerprint density at radius 1 is 1.47 bits per heavy atom. The first-order chi connectivity index (χ1) is 8.13. The molecule has 1 atom stereocenters. The first kappa shape index (κ1) is 11.9. The maximum absolute atomic E-state index is 11.0. The number of carbonyl (C=O) groups is 1. The Morgan fingerprint density at radius 2 is 2.18 bits per heavy atom. The summed E-state index contributed by atoms with van der Waals surface area (Å²) in [5.41, 5.74) is 7.71. The Bertz CT molecular complexity index is 388. The third-order valence-corrected chi connectivity index (χ3v) is 3.07. The Labute approximate surface area is 102 Å². The van der Waals surface area contributed by atoms with Crippen molar-refractivity contribution >= 4 is 11.6 Å². The molecular weight excluding hydrogens is 214 g/mol. The minimum absolute atomic E-state index is 0.0596. The zero-order valence-corrected chi connectivity index (χ0v) is 10.1. The zero-order valence-electron chi connectivity index (χ0n) is 10.1. The van der Waals surface area contributed by atoms with Crippen LogP contribution in [0.15, 0.2) is 24.3 Å². The van der Waals surface area contributed by atoms with Crippen LogP contribution in [0, 0.1) is 0 Å². The minimum atomic E-state index is 0.0596. The van der Waals surface area contributed by atoms with Gasteiger partial charge in [0.25, 0.3) is 0 Å². The van der Waals surface area contributed by atoms with E-state index in [2.05, 4.69) is 22.3 Å². The molecule has 3 N–H and O–H groups in total. The van der Waals surface area contributed by atoms with Gasteiger partial charge in [0.1, 0.15) is 0 Å². The van der Waals surface area contributed by atoms with Crippen LogP contribution in [0.2, 0.25) is 0 Å². The highest BCUT2D eigenvalue weighted by Gasteiger charge is 2.22. The lowest BCUT2D eigenvalue weighted by molar-refractivity contribution is -0.119. The van der Waals surface area contributed by atoms with Crippen molar-refractivity contribution in [3.8, 4) is 0 Å². The number of benzene rings is 1. The monoisotopic (exact) mass is 233 g/mol. The van der Waals surface area contributed by atoms with Gasteiger partial charge < -0.3 is 11.1 Å². The Balaban J connectivity index is 1.85. The van der Waals surface area contributed by atoms with E-state index in [1.165, 1.54) is 5.56 Å². The van der Waals surface area contributed by atoms with Gasteiger partial charge in [-0.05, 0) is 24.1 Å². The number of anilines is 1. The van der Waals surface area contributed by atoms with E-state index in [4.69, 9.17) is 5.73 Å². The topological polar surface area (TPSA) is 58.4 Å². The van der Waals surface area contributed by atoms with Gasteiger partial charge in [0.15, 0.2) is 0 Å². The van der Waals surface area contributed by atoms with Crippen molar-refractivity contribution in [1.29, 1.82) is 0 Å². The first-order valence-electron chi connectivity index (χ1n) is 5.97. The molecule has 1 aliphatic heterocycles. The van der Waals surface area contributed by atoms with Gasteiger partial charge in [-0.25, -0.2) is 0 Å². The minimum Gasteiger partial charge on any atom is -0.399 e. The van der Waals surface area contributed by atoms with Crippen LogP contribution in [0.25, 0.3) is 0 Å². The highest BCUT2D eigenvalue weighted by molar-refractivity contribution is 5.73. The molecule has 1 fully saturated rings. The largest absolute Gasteiger partial charge is 0.399 e. The fourth-order valence-electron chi connectivity index (χ4n) is 2.26. The molecule has 1 unspecified atom stereocenters. The molecule has 1 heterocycles. The second kappa shape index (κ2) is 5.19. The molecule has 1 aromatic carbocycles. The van der Waals surface area contributed by atoms with Gasteiger partial charge in [-0.1, -0.05) is 12.1 Å². The number of rotatable bonds is 3. The molecule has 1 amide bonds. The summed E-state index contributed by atoms with van der Waals surface area (Å²) in [6.45, 7) is 4.47. The summed E-state index contributed by atoms with van der Waals surface area (Å²) in [6, 6.07) is 8.27. The average molecular weight is 233 g/mol. The van der Waals surface area contributed by atoms with Crippen molar-refractivity contribution in [3.05, 3.63) is 29.8 Å². The summed E-state index contributed by atoms with van der Waals surface area (Å²) < 4.78 is 0. The molecule has 0 aliphatic carbocycles. The smallest absolute Gasteiger partial charge is 0.217 e. The summed E-state index contributed by atoms with van der Waals surface area (Å²) in [5.74, 6) is 0.0596. The number of hydrogen-bond donors (Lipinski definition) is 2. The highest BCUT2D eigenvalue weighted by atomic mass is 16.1. The molecule has 0 aromatic heterocycles. The fourth-order valence-corrected chi connectivity index (χ4v) is 2.26. The van der Waals surface area contributed by atoms with Crippen LogP contribution in [0.3, 0.4) is 0 Å². The standard InChI is InChI=1S/C13H19N3O/c1-10(17)15-13-6-7-16(9-13)8-11-2-4-12(14)5-3-11/h2-5,13H,6-9,14H2,1H3,(H,15,17). The van der Waals surface area contributed by atoms with Crippen LogP contribution >= 0.6 is 0 Å². The van der Waals surface area contributed by atoms with E-state index in [9.17, 15) is 4.79 Å². The van der Waals surface area contributed by atoms with Gasteiger partial charge in [0.05, 0.1) is 0 Å². The van der Waals surface area contributed by atoms with Gasteiger partial charge >= 0.3 is 0 Å². The quantitative estimate of drug-likeness (QED) is 0.765. The molecule has 2 rings (SSSR count). The van der Waals surface area contributed by atoms with Crippen LogP contribution in [-0.4, -0.2) is 29.9 Å². The summed E-state index contributed by atoms with van der Waals surface area (Å²) in [6.07, 6.45) is 1.04. The molecule has 1 aliphatic rings. The molecule has 4 heteroatoms. The lowest BCUT2D eigenvalue weighted by Crippen LogP contribution is -2.35. The van der Waals surface area contributed by atoms with E-state index < -0.39 is 0 Å². The number of hydrogen-bond acceptors (Lipinski definition) is 3. The number of nitrogens with zero attached hydrogens (tertiary/aromatic N) is 1. The summed E-state index contributed by atoms with van der Waals surface area (Å²) in [4.78, 5) is 13.3. The van der Waals surface area contributed by atoms with Gasteiger partial charge in [0.2, 0.25) is 5.91 Å². The van der Waals surface area contributed by atoms with Crippen molar-refractivity contribution in [2.24, 2.45) is 0 Å². The molecule has 1 aromatic rings.